The first-order valence-electron chi connectivity index (χ1n) is 7.39. The molecule has 3 aromatic rings. The lowest BCUT2D eigenvalue weighted by atomic mass is 10.1. The average molecular weight is 380 g/mol. The van der Waals surface area contributed by atoms with Gasteiger partial charge in [0, 0.05) is 11.6 Å². The zero-order chi connectivity index (χ0) is 18.0. The number of nitrogens with one attached hydrogen (secondary N) is 2. The molecule has 0 radical (unpaired) electrons. The number of aromatic amines is 1. The van der Waals surface area contributed by atoms with Gasteiger partial charge in [0.2, 0.25) is 5.91 Å². The fraction of sp³-hybridized carbons (Fsp3) is 0.188. The summed E-state index contributed by atoms with van der Waals surface area (Å²) in [6.07, 6.45) is 0. The molecule has 0 saturated carbocycles. The molecule has 0 spiro atoms. The van der Waals surface area contributed by atoms with E-state index in [1.54, 1.807) is 11.5 Å². The summed E-state index contributed by atoms with van der Waals surface area (Å²) in [5, 5.41) is 11.4. The SMILES string of the molecule is C[C@H](NC(=O)Cn1c(-c2cccs2)n[nH]c1=S)c1ccc(F)cc1F. The molecule has 0 aliphatic heterocycles. The first-order chi connectivity index (χ1) is 12.0. The van der Waals surface area contributed by atoms with Crippen molar-refractivity contribution in [2.75, 3.05) is 0 Å². The van der Waals surface area contributed by atoms with Crippen molar-refractivity contribution in [2.24, 2.45) is 0 Å². The molecule has 2 aromatic heterocycles. The van der Waals surface area contributed by atoms with Crippen molar-refractivity contribution < 1.29 is 13.6 Å². The molecule has 2 N–H and O–H groups in total. The molecule has 9 heteroatoms. The van der Waals surface area contributed by atoms with Crippen molar-refractivity contribution >= 4 is 29.5 Å². The Morgan fingerprint density at radius 1 is 1.44 bits per heavy atom. The Balaban J connectivity index is 1.75. The highest BCUT2D eigenvalue weighted by molar-refractivity contribution is 7.71. The fourth-order valence-corrected chi connectivity index (χ4v) is 3.34. The standard InChI is InChI=1S/C16H14F2N4OS2/c1-9(11-5-4-10(17)7-12(11)18)19-14(23)8-22-15(20-21-16(22)24)13-3-2-6-25-13/h2-7,9H,8H2,1H3,(H,19,23)(H,21,24)/t9-/m0/s1. The van der Waals surface area contributed by atoms with Gasteiger partial charge in [0.15, 0.2) is 10.6 Å². The van der Waals surface area contributed by atoms with Crippen LogP contribution in [0.1, 0.15) is 18.5 Å². The summed E-state index contributed by atoms with van der Waals surface area (Å²) in [7, 11) is 0. The zero-order valence-electron chi connectivity index (χ0n) is 13.1. The van der Waals surface area contributed by atoms with Crippen LogP contribution in [0.5, 0.6) is 0 Å². The number of rotatable bonds is 5. The van der Waals surface area contributed by atoms with Crippen molar-refractivity contribution in [1.29, 1.82) is 0 Å². The van der Waals surface area contributed by atoms with Crippen LogP contribution in [0.15, 0.2) is 35.7 Å². The maximum Gasteiger partial charge on any atom is 0.240 e. The van der Waals surface area contributed by atoms with E-state index in [1.165, 1.54) is 17.4 Å². The monoisotopic (exact) mass is 380 g/mol. The van der Waals surface area contributed by atoms with E-state index in [1.807, 2.05) is 17.5 Å². The van der Waals surface area contributed by atoms with E-state index in [2.05, 4.69) is 15.5 Å². The minimum atomic E-state index is -0.702. The van der Waals surface area contributed by atoms with E-state index in [0.29, 0.717) is 10.6 Å². The van der Waals surface area contributed by atoms with Crippen LogP contribution >= 0.6 is 23.6 Å². The van der Waals surface area contributed by atoms with E-state index < -0.39 is 17.7 Å². The zero-order valence-corrected chi connectivity index (χ0v) is 14.8. The second-order valence-corrected chi connectivity index (χ2v) is 6.71. The Bertz CT molecular complexity index is 949. The second kappa shape index (κ2) is 7.24. The molecule has 0 fully saturated rings. The molecule has 1 aromatic carbocycles. The van der Waals surface area contributed by atoms with E-state index >= 15 is 0 Å². The number of amides is 1. The summed E-state index contributed by atoms with van der Waals surface area (Å²) < 4.78 is 28.7. The largest absolute Gasteiger partial charge is 0.348 e. The van der Waals surface area contributed by atoms with Crippen LogP contribution in [0, 0.1) is 16.4 Å². The van der Waals surface area contributed by atoms with Crippen LogP contribution in [0.25, 0.3) is 10.7 Å². The predicted molar refractivity (Wildman–Crippen MR) is 93.6 cm³/mol. The molecular weight excluding hydrogens is 366 g/mol. The number of nitrogens with zero attached hydrogens (tertiary/aromatic N) is 2. The number of hydrogen-bond donors (Lipinski definition) is 2. The Labute approximate surface area is 151 Å². The van der Waals surface area contributed by atoms with Gasteiger partial charge in [0.25, 0.3) is 0 Å². The number of aromatic nitrogens is 3. The third kappa shape index (κ3) is 3.83. The highest BCUT2D eigenvalue weighted by Crippen LogP contribution is 2.23. The molecule has 25 heavy (non-hydrogen) atoms. The third-order valence-electron chi connectivity index (χ3n) is 3.61. The third-order valence-corrected chi connectivity index (χ3v) is 4.79. The Kier molecular flexibility index (Phi) is 5.05. The minimum absolute atomic E-state index is 0.0598. The molecular formula is C16H14F2N4OS2. The maximum absolute atomic E-state index is 13.8. The van der Waals surface area contributed by atoms with Crippen LogP contribution in [-0.4, -0.2) is 20.7 Å². The summed E-state index contributed by atoms with van der Waals surface area (Å²) in [6, 6.07) is 6.40. The Morgan fingerprint density at radius 3 is 2.92 bits per heavy atom. The highest BCUT2D eigenvalue weighted by atomic mass is 32.1. The molecule has 2 heterocycles. The summed E-state index contributed by atoms with van der Waals surface area (Å²) in [5.41, 5.74) is 0.212. The van der Waals surface area contributed by atoms with Gasteiger partial charge in [0.1, 0.15) is 18.2 Å². The van der Waals surface area contributed by atoms with Gasteiger partial charge < -0.3 is 5.32 Å². The molecule has 1 amide bonds. The number of hydrogen-bond acceptors (Lipinski definition) is 4. The highest BCUT2D eigenvalue weighted by Gasteiger charge is 2.17. The van der Waals surface area contributed by atoms with Gasteiger partial charge in [-0.05, 0) is 36.7 Å². The molecule has 0 bridgehead atoms. The van der Waals surface area contributed by atoms with Crippen LogP contribution in [0.2, 0.25) is 0 Å². The summed E-state index contributed by atoms with van der Waals surface area (Å²) >= 11 is 6.65. The van der Waals surface area contributed by atoms with Crippen molar-refractivity contribution in [3.8, 4) is 10.7 Å². The smallest absolute Gasteiger partial charge is 0.240 e. The van der Waals surface area contributed by atoms with Crippen LogP contribution < -0.4 is 5.32 Å². The number of carbonyl (C=O) groups excluding carboxylic acids is 1. The number of benzene rings is 1. The van der Waals surface area contributed by atoms with E-state index in [4.69, 9.17) is 12.2 Å². The van der Waals surface area contributed by atoms with Gasteiger partial charge in [-0.15, -0.1) is 11.3 Å². The van der Waals surface area contributed by atoms with Gasteiger partial charge in [-0.25, -0.2) is 8.78 Å². The van der Waals surface area contributed by atoms with Gasteiger partial charge in [0.05, 0.1) is 10.9 Å². The topological polar surface area (TPSA) is 62.7 Å². The van der Waals surface area contributed by atoms with Crippen LogP contribution in [0.4, 0.5) is 8.78 Å². The van der Waals surface area contributed by atoms with E-state index in [0.717, 1.165) is 17.0 Å². The predicted octanol–water partition coefficient (Wildman–Crippen LogP) is 3.82. The van der Waals surface area contributed by atoms with Crippen LogP contribution in [-0.2, 0) is 11.3 Å². The summed E-state index contributed by atoms with van der Waals surface area (Å²) in [4.78, 5) is 13.2. The number of thiophene rings is 1. The fourth-order valence-electron chi connectivity index (χ4n) is 2.42. The number of carbonyl (C=O) groups is 1. The van der Waals surface area contributed by atoms with E-state index in [-0.39, 0.29) is 18.0 Å². The van der Waals surface area contributed by atoms with Crippen molar-refractivity contribution in [1.82, 2.24) is 20.1 Å². The number of halogens is 2. The van der Waals surface area contributed by atoms with Gasteiger partial charge in [-0.1, -0.05) is 12.1 Å². The molecule has 130 valence electrons. The Morgan fingerprint density at radius 2 is 2.24 bits per heavy atom. The van der Waals surface area contributed by atoms with E-state index in [9.17, 15) is 13.6 Å². The van der Waals surface area contributed by atoms with Crippen molar-refractivity contribution in [3.63, 3.8) is 0 Å². The second-order valence-electron chi connectivity index (χ2n) is 5.37. The van der Waals surface area contributed by atoms with Gasteiger partial charge in [-0.2, -0.15) is 5.10 Å². The molecule has 3 rings (SSSR count). The van der Waals surface area contributed by atoms with Crippen molar-refractivity contribution in [2.45, 2.75) is 19.5 Å². The minimum Gasteiger partial charge on any atom is -0.348 e. The first-order valence-corrected chi connectivity index (χ1v) is 8.68. The molecule has 0 unspecified atom stereocenters. The quantitative estimate of drug-likeness (QED) is 0.662. The average Bonchev–Trinajstić information content (AvgIpc) is 3.18. The van der Waals surface area contributed by atoms with Gasteiger partial charge >= 0.3 is 0 Å². The summed E-state index contributed by atoms with van der Waals surface area (Å²) in [6.45, 7) is 1.57. The maximum atomic E-state index is 13.8. The first kappa shape index (κ1) is 17.4. The molecule has 0 saturated heterocycles. The lowest BCUT2D eigenvalue weighted by Crippen LogP contribution is -2.30. The van der Waals surface area contributed by atoms with Gasteiger partial charge in [-0.3, -0.25) is 14.5 Å². The Hall–Kier alpha value is -2.39. The van der Waals surface area contributed by atoms with Crippen molar-refractivity contribution in [3.05, 3.63) is 57.7 Å². The number of H-pyrrole nitrogens is 1. The molecule has 0 aliphatic carbocycles. The lowest BCUT2D eigenvalue weighted by molar-refractivity contribution is -0.122. The molecule has 1 atom stereocenters. The molecule has 5 nitrogen and oxygen atoms in total. The molecule has 0 aliphatic rings. The normalized spacial score (nSPS) is 12.1. The lowest BCUT2D eigenvalue weighted by Gasteiger charge is -2.15. The summed E-state index contributed by atoms with van der Waals surface area (Å²) in [5.74, 6) is -1.15. The van der Waals surface area contributed by atoms with Crippen LogP contribution in [0.3, 0.4) is 0 Å².